The second-order valence-electron chi connectivity index (χ2n) is 8.03. The maximum atomic E-state index is 12.6. The van der Waals surface area contributed by atoms with E-state index < -0.39 is 10.9 Å². The predicted molar refractivity (Wildman–Crippen MR) is 131 cm³/mol. The van der Waals surface area contributed by atoms with Crippen LogP contribution in [0, 0.1) is 24.0 Å². The van der Waals surface area contributed by atoms with E-state index in [1.807, 2.05) is 18.7 Å². The van der Waals surface area contributed by atoms with E-state index in [4.69, 9.17) is 4.74 Å². The molecule has 1 aromatic heterocycles. The first kappa shape index (κ1) is 25.6. The SMILES string of the molecule is CCN(CC)COC(=O)c1ccc(NC(=O)c2ccc(Cn3nc(C)c([N+](=O)[O-])c3C)cc2)cc1. The van der Waals surface area contributed by atoms with Crippen LogP contribution in [0.3, 0.4) is 0 Å². The summed E-state index contributed by atoms with van der Waals surface area (Å²) < 4.78 is 6.88. The molecule has 10 nitrogen and oxygen atoms in total. The minimum atomic E-state index is -0.427. The van der Waals surface area contributed by atoms with Crippen molar-refractivity contribution in [3.63, 3.8) is 0 Å². The Morgan fingerprint density at radius 2 is 1.63 bits per heavy atom. The number of carbonyl (C=O) groups excluding carboxylic acids is 2. The molecule has 3 rings (SSSR count). The number of aryl methyl sites for hydroxylation is 1. The molecule has 184 valence electrons. The Bertz CT molecular complexity index is 1200. The van der Waals surface area contributed by atoms with Gasteiger partial charge in [-0.3, -0.25) is 24.5 Å². The summed E-state index contributed by atoms with van der Waals surface area (Å²) in [5, 5.41) is 18.2. The molecular formula is C25H29N5O5. The van der Waals surface area contributed by atoms with Crippen LogP contribution in [-0.2, 0) is 11.3 Å². The van der Waals surface area contributed by atoms with Crippen LogP contribution < -0.4 is 5.32 Å². The number of nitro groups is 1. The number of nitrogens with one attached hydrogen (secondary N) is 1. The molecule has 0 aliphatic heterocycles. The fourth-order valence-electron chi connectivity index (χ4n) is 3.57. The van der Waals surface area contributed by atoms with E-state index in [1.165, 1.54) is 0 Å². The quantitative estimate of drug-likeness (QED) is 0.201. The molecule has 10 heteroatoms. The van der Waals surface area contributed by atoms with Gasteiger partial charge in [0, 0.05) is 11.3 Å². The van der Waals surface area contributed by atoms with Crippen LogP contribution in [0.15, 0.2) is 48.5 Å². The standard InChI is InChI=1S/C25H29N5O5/c1-5-28(6-2)16-35-25(32)21-11-13-22(14-12-21)26-24(31)20-9-7-19(8-10-20)15-29-18(4)23(30(33)34)17(3)27-29/h7-14H,5-6,15-16H2,1-4H3,(H,26,31). The van der Waals surface area contributed by atoms with Crippen molar-refractivity contribution in [1.29, 1.82) is 0 Å². The summed E-state index contributed by atoms with van der Waals surface area (Å²) in [5.74, 6) is -0.714. The third kappa shape index (κ3) is 6.30. The average Bonchev–Trinajstić information content (AvgIpc) is 3.13. The Hall–Kier alpha value is -4.05. The van der Waals surface area contributed by atoms with Gasteiger partial charge in [-0.05, 0) is 68.9 Å². The van der Waals surface area contributed by atoms with E-state index >= 15 is 0 Å². The van der Waals surface area contributed by atoms with Gasteiger partial charge in [0.05, 0.1) is 17.0 Å². The summed E-state index contributed by atoms with van der Waals surface area (Å²) in [7, 11) is 0. The molecule has 0 aliphatic rings. The minimum Gasteiger partial charge on any atom is -0.446 e. The average molecular weight is 480 g/mol. The van der Waals surface area contributed by atoms with Crippen LogP contribution >= 0.6 is 0 Å². The van der Waals surface area contributed by atoms with Crippen LogP contribution in [0.25, 0.3) is 0 Å². The third-order valence-electron chi connectivity index (χ3n) is 5.73. The van der Waals surface area contributed by atoms with Crippen molar-refractivity contribution in [3.8, 4) is 0 Å². The maximum Gasteiger partial charge on any atom is 0.339 e. The van der Waals surface area contributed by atoms with Crippen LogP contribution in [0.5, 0.6) is 0 Å². The van der Waals surface area contributed by atoms with E-state index in [9.17, 15) is 19.7 Å². The highest BCUT2D eigenvalue weighted by atomic mass is 16.6. The monoisotopic (exact) mass is 479 g/mol. The fraction of sp³-hybridized carbons (Fsp3) is 0.320. The molecule has 1 heterocycles. The van der Waals surface area contributed by atoms with Gasteiger partial charge in [-0.25, -0.2) is 4.79 Å². The molecule has 0 spiro atoms. The molecule has 1 N–H and O–H groups in total. The van der Waals surface area contributed by atoms with E-state index in [-0.39, 0.29) is 18.3 Å². The van der Waals surface area contributed by atoms with Gasteiger partial charge in [-0.15, -0.1) is 0 Å². The Morgan fingerprint density at radius 1 is 1.03 bits per heavy atom. The zero-order valence-electron chi connectivity index (χ0n) is 20.3. The Labute approximate surface area is 203 Å². The van der Waals surface area contributed by atoms with Crippen LogP contribution in [0.4, 0.5) is 11.4 Å². The number of amides is 1. The van der Waals surface area contributed by atoms with Crippen LogP contribution in [-0.4, -0.2) is 51.3 Å². The van der Waals surface area contributed by atoms with Crippen LogP contribution in [0.1, 0.15) is 51.5 Å². The van der Waals surface area contributed by atoms with Crippen molar-refractivity contribution < 1.29 is 19.2 Å². The van der Waals surface area contributed by atoms with E-state index in [0.717, 1.165) is 18.7 Å². The highest BCUT2D eigenvalue weighted by Gasteiger charge is 2.21. The Balaban J connectivity index is 1.59. The molecule has 0 radical (unpaired) electrons. The number of hydrogen-bond acceptors (Lipinski definition) is 7. The summed E-state index contributed by atoms with van der Waals surface area (Å²) in [6, 6.07) is 13.4. The number of nitrogens with zero attached hydrogens (tertiary/aromatic N) is 4. The summed E-state index contributed by atoms with van der Waals surface area (Å²) in [6.45, 7) is 9.44. The first-order valence-corrected chi connectivity index (χ1v) is 11.3. The number of rotatable bonds is 10. The van der Waals surface area contributed by atoms with E-state index in [1.54, 1.807) is 67.1 Å². The van der Waals surface area contributed by atoms with Crippen molar-refractivity contribution in [1.82, 2.24) is 14.7 Å². The zero-order chi connectivity index (χ0) is 25.5. The number of carbonyl (C=O) groups is 2. The lowest BCUT2D eigenvalue weighted by atomic mass is 10.1. The molecule has 0 atom stereocenters. The van der Waals surface area contributed by atoms with Crippen molar-refractivity contribution in [2.75, 3.05) is 25.1 Å². The molecule has 35 heavy (non-hydrogen) atoms. The number of esters is 1. The van der Waals surface area contributed by atoms with E-state index in [2.05, 4.69) is 10.4 Å². The molecule has 1 amide bonds. The number of aromatic nitrogens is 2. The van der Waals surface area contributed by atoms with Crippen molar-refractivity contribution in [2.45, 2.75) is 34.2 Å². The third-order valence-corrected chi connectivity index (χ3v) is 5.73. The second kappa shape index (κ2) is 11.4. The van der Waals surface area contributed by atoms with Crippen molar-refractivity contribution in [2.24, 2.45) is 0 Å². The predicted octanol–water partition coefficient (Wildman–Crippen LogP) is 4.16. The van der Waals surface area contributed by atoms with Gasteiger partial charge in [0.25, 0.3) is 5.91 Å². The zero-order valence-corrected chi connectivity index (χ0v) is 20.3. The number of benzene rings is 2. The Morgan fingerprint density at radius 3 is 2.17 bits per heavy atom. The summed E-state index contributed by atoms with van der Waals surface area (Å²) >= 11 is 0. The Kier molecular flexibility index (Phi) is 8.32. The summed E-state index contributed by atoms with van der Waals surface area (Å²) in [6.07, 6.45) is 0. The van der Waals surface area contributed by atoms with Gasteiger partial charge in [-0.2, -0.15) is 5.10 Å². The van der Waals surface area contributed by atoms with Gasteiger partial charge in [0.1, 0.15) is 18.1 Å². The lowest BCUT2D eigenvalue weighted by Crippen LogP contribution is -2.27. The highest BCUT2D eigenvalue weighted by Crippen LogP contribution is 2.22. The molecule has 0 aliphatic carbocycles. The fourth-order valence-corrected chi connectivity index (χ4v) is 3.57. The molecule has 2 aromatic carbocycles. The molecule has 0 bridgehead atoms. The first-order valence-electron chi connectivity index (χ1n) is 11.3. The molecule has 0 saturated heterocycles. The first-order chi connectivity index (χ1) is 16.7. The maximum absolute atomic E-state index is 12.6. The largest absolute Gasteiger partial charge is 0.446 e. The van der Waals surface area contributed by atoms with Crippen molar-refractivity contribution in [3.05, 3.63) is 86.7 Å². The van der Waals surface area contributed by atoms with Crippen LogP contribution in [0.2, 0.25) is 0 Å². The highest BCUT2D eigenvalue weighted by molar-refractivity contribution is 6.04. The van der Waals surface area contributed by atoms with Gasteiger partial charge in [-0.1, -0.05) is 26.0 Å². The molecule has 0 saturated carbocycles. The van der Waals surface area contributed by atoms with Gasteiger partial charge < -0.3 is 10.1 Å². The lowest BCUT2D eigenvalue weighted by Gasteiger charge is -2.17. The number of hydrogen-bond donors (Lipinski definition) is 1. The number of anilines is 1. The normalized spacial score (nSPS) is 10.9. The second-order valence-corrected chi connectivity index (χ2v) is 8.03. The van der Waals surface area contributed by atoms with Gasteiger partial charge >= 0.3 is 11.7 Å². The number of ether oxygens (including phenoxy) is 1. The van der Waals surface area contributed by atoms with Gasteiger partial charge in [0.2, 0.25) is 0 Å². The lowest BCUT2D eigenvalue weighted by molar-refractivity contribution is -0.386. The van der Waals surface area contributed by atoms with E-state index in [0.29, 0.717) is 34.7 Å². The molecule has 0 unspecified atom stereocenters. The molecular weight excluding hydrogens is 450 g/mol. The smallest absolute Gasteiger partial charge is 0.339 e. The summed E-state index contributed by atoms with van der Waals surface area (Å²) in [5.41, 5.74) is 3.13. The molecule has 0 fully saturated rings. The molecule has 3 aromatic rings. The summed E-state index contributed by atoms with van der Waals surface area (Å²) in [4.78, 5) is 37.6. The van der Waals surface area contributed by atoms with Gasteiger partial charge in [0.15, 0.2) is 0 Å². The van der Waals surface area contributed by atoms with Crippen molar-refractivity contribution >= 4 is 23.3 Å². The topological polar surface area (TPSA) is 120 Å². The minimum absolute atomic E-state index is 0.0178.